The van der Waals surface area contributed by atoms with Crippen molar-refractivity contribution in [1.82, 2.24) is 10.2 Å². The fraction of sp³-hybridized carbons (Fsp3) is 0.375. The highest BCUT2D eigenvalue weighted by Crippen LogP contribution is 2.21. The molecule has 220 valence electrons. The lowest BCUT2D eigenvalue weighted by atomic mass is 10.0. The second-order valence-corrected chi connectivity index (χ2v) is 12.6. The summed E-state index contributed by atoms with van der Waals surface area (Å²) >= 11 is 0. The van der Waals surface area contributed by atoms with Crippen molar-refractivity contribution in [3.05, 3.63) is 101 Å². The third-order valence-electron chi connectivity index (χ3n) is 6.70. The number of carbonyl (C=O) groups is 2. The molecule has 0 spiro atoms. The summed E-state index contributed by atoms with van der Waals surface area (Å²) in [5, 5.41) is 2.95. The average Bonchev–Trinajstić information content (AvgIpc) is 2.92. The Morgan fingerprint density at radius 3 is 2.27 bits per heavy atom. The molecular weight excluding hydrogens is 541 g/mol. The first-order valence-electron chi connectivity index (χ1n) is 13.8. The summed E-state index contributed by atoms with van der Waals surface area (Å²) < 4.78 is 41.2. The van der Waals surface area contributed by atoms with Gasteiger partial charge in [0.2, 0.25) is 21.8 Å². The molecule has 0 aromatic heterocycles. The van der Waals surface area contributed by atoms with E-state index in [1.807, 2.05) is 57.2 Å². The molecular formula is C32H40FN3O4S. The van der Waals surface area contributed by atoms with Crippen LogP contribution in [0.25, 0.3) is 0 Å². The number of benzene rings is 3. The van der Waals surface area contributed by atoms with Crippen molar-refractivity contribution >= 4 is 27.5 Å². The molecule has 0 saturated carbocycles. The number of halogens is 1. The fourth-order valence-corrected chi connectivity index (χ4v) is 5.53. The Hall–Kier alpha value is -3.72. The topological polar surface area (TPSA) is 86.8 Å². The zero-order chi connectivity index (χ0) is 30.0. The van der Waals surface area contributed by atoms with E-state index in [9.17, 15) is 22.4 Å². The van der Waals surface area contributed by atoms with Crippen molar-refractivity contribution in [1.29, 1.82) is 0 Å². The van der Waals surface area contributed by atoms with Crippen LogP contribution in [0.5, 0.6) is 0 Å². The van der Waals surface area contributed by atoms with Crippen molar-refractivity contribution < 1.29 is 22.4 Å². The number of sulfonamides is 1. The molecule has 0 aliphatic heterocycles. The van der Waals surface area contributed by atoms with Gasteiger partial charge >= 0.3 is 0 Å². The number of nitrogens with one attached hydrogen (secondary N) is 1. The van der Waals surface area contributed by atoms with Crippen LogP contribution in [-0.4, -0.2) is 50.5 Å². The molecule has 0 aliphatic carbocycles. The van der Waals surface area contributed by atoms with Gasteiger partial charge in [0.25, 0.3) is 0 Å². The summed E-state index contributed by atoms with van der Waals surface area (Å²) in [6.07, 6.45) is 1.59. The Balaban J connectivity index is 1.89. The zero-order valence-electron chi connectivity index (χ0n) is 24.2. The number of rotatable bonds is 14. The van der Waals surface area contributed by atoms with Crippen LogP contribution in [0.1, 0.15) is 43.4 Å². The molecule has 7 nitrogen and oxygen atoms in total. The van der Waals surface area contributed by atoms with Gasteiger partial charge in [-0.25, -0.2) is 12.8 Å². The lowest BCUT2D eigenvalue weighted by Crippen LogP contribution is -2.51. The van der Waals surface area contributed by atoms with E-state index in [1.165, 1.54) is 15.3 Å². The van der Waals surface area contributed by atoms with E-state index in [-0.39, 0.29) is 50.1 Å². The zero-order valence-corrected chi connectivity index (χ0v) is 25.0. The first kappa shape index (κ1) is 31.8. The molecule has 9 heteroatoms. The molecule has 1 N–H and O–H groups in total. The summed E-state index contributed by atoms with van der Waals surface area (Å²) in [5.41, 5.74) is 2.61. The molecule has 3 aromatic rings. The number of carbonyl (C=O) groups excluding carboxylic acids is 2. The van der Waals surface area contributed by atoms with Gasteiger partial charge in [-0.1, -0.05) is 74.5 Å². The maximum atomic E-state index is 14.8. The van der Waals surface area contributed by atoms with Gasteiger partial charge in [0.1, 0.15) is 11.9 Å². The van der Waals surface area contributed by atoms with Crippen LogP contribution in [0.2, 0.25) is 0 Å². The number of hydrogen-bond donors (Lipinski definition) is 1. The molecule has 0 aliphatic rings. The van der Waals surface area contributed by atoms with Crippen LogP contribution >= 0.6 is 0 Å². The van der Waals surface area contributed by atoms with E-state index in [0.29, 0.717) is 17.8 Å². The molecule has 3 aromatic carbocycles. The van der Waals surface area contributed by atoms with Gasteiger partial charge in [0, 0.05) is 38.0 Å². The van der Waals surface area contributed by atoms with E-state index in [0.717, 1.165) is 17.4 Å². The largest absolute Gasteiger partial charge is 0.354 e. The van der Waals surface area contributed by atoms with Crippen LogP contribution in [0.4, 0.5) is 10.1 Å². The van der Waals surface area contributed by atoms with Crippen LogP contribution in [0.3, 0.4) is 0 Å². The van der Waals surface area contributed by atoms with Crippen LogP contribution in [0, 0.1) is 18.7 Å². The molecule has 0 saturated heterocycles. The Bertz CT molecular complexity index is 1410. The van der Waals surface area contributed by atoms with Gasteiger partial charge in [-0.15, -0.1) is 0 Å². The SMILES string of the molecule is Cc1cccc(N(CCCC(=O)N(Cc2ccccc2F)[C@H](Cc2ccccc2)C(=O)NCC(C)C)S(C)(=O)=O)c1. The Kier molecular flexibility index (Phi) is 11.5. The van der Waals surface area contributed by atoms with E-state index in [4.69, 9.17) is 0 Å². The minimum absolute atomic E-state index is 0.0188. The normalized spacial score (nSPS) is 12.1. The van der Waals surface area contributed by atoms with Crippen molar-refractivity contribution in [2.75, 3.05) is 23.7 Å². The minimum Gasteiger partial charge on any atom is -0.354 e. The van der Waals surface area contributed by atoms with Crippen molar-refractivity contribution in [2.24, 2.45) is 5.92 Å². The van der Waals surface area contributed by atoms with Crippen LogP contribution in [0.15, 0.2) is 78.9 Å². The molecule has 0 unspecified atom stereocenters. The smallest absolute Gasteiger partial charge is 0.243 e. The van der Waals surface area contributed by atoms with E-state index >= 15 is 0 Å². The Labute approximate surface area is 243 Å². The molecule has 1 atom stereocenters. The summed E-state index contributed by atoms with van der Waals surface area (Å²) in [6, 6.07) is 21.9. The van der Waals surface area contributed by atoms with Crippen molar-refractivity contribution in [3.63, 3.8) is 0 Å². The molecule has 0 heterocycles. The highest BCUT2D eigenvalue weighted by molar-refractivity contribution is 7.92. The second-order valence-electron chi connectivity index (χ2n) is 10.7. The molecule has 41 heavy (non-hydrogen) atoms. The quantitative estimate of drug-likeness (QED) is 0.287. The second kappa shape index (κ2) is 14.8. The number of amides is 2. The fourth-order valence-electron chi connectivity index (χ4n) is 4.57. The van der Waals surface area contributed by atoms with Gasteiger partial charge in [0.15, 0.2) is 0 Å². The number of nitrogens with zero attached hydrogens (tertiary/aromatic N) is 2. The predicted molar refractivity (Wildman–Crippen MR) is 161 cm³/mol. The summed E-state index contributed by atoms with van der Waals surface area (Å²) in [6.45, 7) is 6.28. The van der Waals surface area contributed by atoms with Crippen molar-refractivity contribution in [3.8, 4) is 0 Å². The van der Waals surface area contributed by atoms with Crippen molar-refractivity contribution in [2.45, 2.75) is 52.6 Å². The first-order chi connectivity index (χ1) is 19.5. The van der Waals surface area contributed by atoms with Gasteiger partial charge in [-0.3, -0.25) is 13.9 Å². The lowest BCUT2D eigenvalue weighted by molar-refractivity contribution is -0.141. The molecule has 0 radical (unpaired) electrons. The molecule has 0 fully saturated rings. The number of aryl methyl sites for hydroxylation is 1. The maximum absolute atomic E-state index is 14.8. The molecule has 2 amide bonds. The Morgan fingerprint density at radius 1 is 0.951 bits per heavy atom. The maximum Gasteiger partial charge on any atom is 0.243 e. The highest BCUT2D eigenvalue weighted by Gasteiger charge is 2.31. The number of anilines is 1. The third kappa shape index (κ3) is 9.70. The lowest BCUT2D eigenvalue weighted by Gasteiger charge is -2.32. The highest BCUT2D eigenvalue weighted by atomic mass is 32.2. The predicted octanol–water partition coefficient (Wildman–Crippen LogP) is 5.09. The van der Waals surface area contributed by atoms with Crippen LogP contribution in [-0.2, 0) is 32.6 Å². The van der Waals surface area contributed by atoms with Gasteiger partial charge in [0.05, 0.1) is 11.9 Å². The monoisotopic (exact) mass is 581 g/mol. The number of hydrogen-bond acceptors (Lipinski definition) is 4. The van der Waals surface area contributed by atoms with E-state index in [2.05, 4.69) is 5.32 Å². The summed E-state index contributed by atoms with van der Waals surface area (Å²) in [4.78, 5) is 28.8. The molecule has 0 bridgehead atoms. The summed E-state index contributed by atoms with van der Waals surface area (Å²) in [7, 11) is -3.60. The minimum atomic E-state index is -3.60. The average molecular weight is 582 g/mol. The first-order valence-corrected chi connectivity index (χ1v) is 15.7. The van der Waals surface area contributed by atoms with Gasteiger partial charge in [-0.05, 0) is 48.6 Å². The van der Waals surface area contributed by atoms with Gasteiger partial charge < -0.3 is 10.2 Å². The standard InChI is InChI=1S/C32H40FN3O4S/c1-24(2)22-34-32(38)30(21-26-13-6-5-7-14-26)35(23-27-15-8-9-17-29(27)33)31(37)18-11-19-36(41(4,39)40)28-16-10-12-25(3)20-28/h5-10,12-17,20,24,30H,11,18-19,21-23H2,1-4H3,(H,34,38)/t30-/m1/s1. The van der Waals surface area contributed by atoms with Gasteiger partial charge in [-0.2, -0.15) is 0 Å². The Morgan fingerprint density at radius 2 is 1.63 bits per heavy atom. The van der Waals surface area contributed by atoms with Crippen LogP contribution < -0.4 is 9.62 Å². The third-order valence-corrected chi connectivity index (χ3v) is 7.89. The molecule has 3 rings (SSSR count). The summed E-state index contributed by atoms with van der Waals surface area (Å²) in [5.74, 6) is -0.930. The van der Waals surface area contributed by atoms with E-state index < -0.39 is 21.9 Å². The van der Waals surface area contributed by atoms with E-state index in [1.54, 1.807) is 36.4 Å².